The number of halogens is 6. The highest BCUT2D eigenvalue weighted by atomic mass is 32.2. The summed E-state index contributed by atoms with van der Waals surface area (Å²) in [5, 5.41) is 0.573. The van der Waals surface area contributed by atoms with Gasteiger partial charge in [-0.15, -0.1) is 0 Å². The molecule has 3 nitrogen and oxygen atoms in total. The lowest BCUT2D eigenvalue weighted by molar-refractivity contribution is -0.143. The van der Waals surface area contributed by atoms with Crippen molar-refractivity contribution >= 4 is 16.1 Å². The maximum Gasteiger partial charge on any atom is 0.416 e. The molecule has 10 heteroatoms. The fourth-order valence-corrected chi connectivity index (χ4v) is 2.98. The molecule has 0 aromatic heterocycles. The summed E-state index contributed by atoms with van der Waals surface area (Å²) in [5.74, 6) is 0. The van der Waals surface area contributed by atoms with Crippen LogP contribution in [-0.2, 0) is 27.0 Å². The minimum absolute atomic E-state index is 0.137. The van der Waals surface area contributed by atoms with Crippen LogP contribution in [0.4, 0.5) is 26.3 Å². The van der Waals surface area contributed by atoms with Gasteiger partial charge in [-0.3, -0.25) is 0 Å². The van der Waals surface area contributed by atoms with Crippen molar-refractivity contribution in [3.8, 4) is 0 Å². The monoisotopic (exact) mass is 388 g/mol. The third-order valence-electron chi connectivity index (χ3n) is 3.11. The molecule has 0 aliphatic carbocycles. The third-order valence-corrected chi connectivity index (χ3v) is 4.55. The van der Waals surface area contributed by atoms with Crippen LogP contribution >= 0.6 is 0 Å². The molecule has 0 N–H and O–H groups in total. The van der Waals surface area contributed by atoms with Gasteiger partial charge in [-0.25, -0.2) is 8.42 Å². The lowest BCUT2D eigenvalue weighted by Crippen LogP contribution is -2.13. The van der Waals surface area contributed by atoms with Crippen molar-refractivity contribution in [1.29, 1.82) is 0 Å². The molecular weight excluding hydrogens is 374 g/mol. The Morgan fingerprint density at radius 3 is 1.76 bits per heavy atom. The SMILES string of the molecule is O=CCCCC/C=C/S(=O)(=O)c1cc(C(F)(F)F)cc(C(F)(F)F)c1. The van der Waals surface area contributed by atoms with E-state index < -0.39 is 38.2 Å². The number of allylic oxidation sites excluding steroid dienone is 1. The Hall–Kier alpha value is -1.84. The number of hydrogen-bond acceptors (Lipinski definition) is 3. The van der Waals surface area contributed by atoms with Crippen LogP contribution in [0, 0.1) is 0 Å². The van der Waals surface area contributed by atoms with Crippen molar-refractivity contribution in [2.75, 3.05) is 0 Å². The van der Waals surface area contributed by atoms with Crippen LogP contribution in [0.25, 0.3) is 0 Å². The van der Waals surface area contributed by atoms with Crippen molar-refractivity contribution in [3.63, 3.8) is 0 Å². The summed E-state index contributed by atoms with van der Waals surface area (Å²) in [6.07, 6.45) is -6.97. The summed E-state index contributed by atoms with van der Waals surface area (Å²) >= 11 is 0. The number of benzene rings is 1. The second-order valence-electron chi connectivity index (χ2n) is 5.11. The Labute approximate surface area is 140 Å². The molecule has 1 aromatic carbocycles. The first-order valence-corrected chi connectivity index (χ1v) is 8.57. The van der Waals surface area contributed by atoms with E-state index in [9.17, 15) is 39.6 Å². The second-order valence-corrected chi connectivity index (χ2v) is 6.94. The van der Waals surface area contributed by atoms with Gasteiger partial charge in [-0.1, -0.05) is 6.08 Å². The van der Waals surface area contributed by atoms with E-state index in [2.05, 4.69) is 0 Å². The molecule has 0 aliphatic rings. The van der Waals surface area contributed by atoms with Crippen LogP contribution in [0.1, 0.15) is 36.8 Å². The van der Waals surface area contributed by atoms with Gasteiger partial charge in [-0.05, 0) is 37.5 Å². The van der Waals surface area contributed by atoms with Gasteiger partial charge in [0, 0.05) is 11.8 Å². The Bertz CT molecular complexity index is 700. The highest BCUT2D eigenvalue weighted by Crippen LogP contribution is 2.37. The van der Waals surface area contributed by atoms with Crippen molar-refractivity contribution < 1.29 is 39.6 Å². The summed E-state index contributed by atoms with van der Waals surface area (Å²) < 4.78 is 100. The van der Waals surface area contributed by atoms with Gasteiger partial charge in [0.25, 0.3) is 0 Å². The topological polar surface area (TPSA) is 51.2 Å². The molecule has 0 amide bonds. The Morgan fingerprint density at radius 2 is 1.32 bits per heavy atom. The molecule has 0 fully saturated rings. The number of hydrogen-bond donors (Lipinski definition) is 0. The molecule has 25 heavy (non-hydrogen) atoms. The summed E-state index contributed by atoms with van der Waals surface area (Å²) in [6, 6.07) is 0.199. The summed E-state index contributed by atoms with van der Waals surface area (Å²) in [6.45, 7) is 0. The molecule has 0 bridgehead atoms. The molecule has 1 aromatic rings. The maximum atomic E-state index is 12.7. The zero-order valence-corrected chi connectivity index (χ0v) is 13.5. The normalized spacial score (nSPS) is 13.4. The number of alkyl halides is 6. The Morgan fingerprint density at radius 1 is 0.840 bits per heavy atom. The molecule has 1 rings (SSSR count). The molecule has 0 radical (unpaired) electrons. The summed E-state index contributed by atoms with van der Waals surface area (Å²) in [4.78, 5) is 9.03. The van der Waals surface area contributed by atoms with E-state index in [4.69, 9.17) is 0 Å². The molecule has 0 unspecified atom stereocenters. The van der Waals surface area contributed by atoms with E-state index in [0.717, 1.165) is 6.08 Å². The zero-order chi connectivity index (χ0) is 19.3. The molecule has 0 aliphatic heterocycles. The minimum Gasteiger partial charge on any atom is -0.303 e. The number of carbonyl (C=O) groups is 1. The van der Waals surface area contributed by atoms with Crippen molar-refractivity contribution in [3.05, 3.63) is 40.8 Å². The van der Waals surface area contributed by atoms with Crippen molar-refractivity contribution in [2.45, 2.75) is 42.9 Å². The first-order valence-electron chi connectivity index (χ1n) is 7.02. The smallest absolute Gasteiger partial charge is 0.303 e. The van der Waals surface area contributed by atoms with E-state index in [1.165, 1.54) is 0 Å². The zero-order valence-electron chi connectivity index (χ0n) is 12.7. The number of aldehydes is 1. The summed E-state index contributed by atoms with van der Waals surface area (Å²) in [7, 11) is -4.47. The number of sulfone groups is 1. The second kappa shape index (κ2) is 8.03. The number of carbonyl (C=O) groups excluding carboxylic acids is 1. The van der Waals surface area contributed by atoms with Gasteiger partial charge < -0.3 is 4.79 Å². The number of rotatable bonds is 7. The van der Waals surface area contributed by atoms with Gasteiger partial charge >= 0.3 is 12.4 Å². The predicted octanol–water partition coefficient (Wildman–Crippen LogP) is 4.77. The van der Waals surface area contributed by atoms with Crippen LogP contribution in [0.15, 0.2) is 34.6 Å². The van der Waals surface area contributed by atoms with E-state index in [1.807, 2.05) is 0 Å². The first kappa shape index (κ1) is 21.2. The van der Waals surface area contributed by atoms with E-state index in [1.54, 1.807) is 0 Å². The lowest BCUT2D eigenvalue weighted by Gasteiger charge is -2.13. The van der Waals surface area contributed by atoms with Crippen LogP contribution in [0.3, 0.4) is 0 Å². The molecular formula is C15H14F6O3S. The molecule has 0 saturated carbocycles. The quantitative estimate of drug-likeness (QED) is 0.384. The fourth-order valence-electron chi connectivity index (χ4n) is 1.85. The Balaban J connectivity index is 3.17. The molecule has 0 atom stereocenters. The Kier molecular flexibility index (Phi) is 6.81. The standard InChI is InChI=1S/C15H14F6O3S/c16-14(17,18)11-8-12(15(19,20)21)10-13(9-11)25(23,24)7-5-3-1-2-4-6-22/h5-10H,1-4H2/b7-5+. The van der Waals surface area contributed by atoms with Gasteiger partial charge in [0.2, 0.25) is 0 Å². The predicted molar refractivity (Wildman–Crippen MR) is 77.3 cm³/mol. The van der Waals surface area contributed by atoms with Crippen molar-refractivity contribution in [2.24, 2.45) is 0 Å². The van der Waals surface area contributed by atoms with Crippen molar-refractivity contribution in [1.82, 2.24) is 0 Å². The van der Waals surface area contributed by atoms with Crippen LogP contribution in [0.2, 0.25) is 0 Å². The highest BCUT2D eigenvalue weighted by molar-refractivity contribution is 7.94. The van der Waals surface area contributed by atoms with Gasteiger partial charge in [0.15, 0.2) is 9.84 Å². The number of unbranched alkanes of at least 4 members (excludes halogenated alkanes) is 3. The van der Waals surface area contributed by atoms with Gasteiger partial charge in [0.05, 0.1) is 16.0 Å². The van der Waals surface area contributed by atoms with Crippen LogP contribution < -0.4 is 0 Å². The summed E-state index contributed by atoms with van der Waals surface area (Å²) in [5.41, 5.74) is -3.39. The maximum absolute atomic E-state index is 12.7. The molecule has 140 valence electrons. The van der Waals surface area contributed by atoms with Crippen LogP contribution in [0.5, 0.6) is 0 Å². The van der Waals surface area contributed by atoms with E-state index in [0.29, 0.717) is 24.5 Å². The molecule has 0 heterocycles. The lowest BCUT2D eigenvalue weighted by atomic mass is 10.1. The molecule has 0 saturated heterocycles. The average Bonchev–Trinajstić information content (AvgIpc) is 2.48. The minimum atomic E-state index is -5.12. The molecule has 0 spiro atoms. The van der Waals surface area contributed by atoms with E-state index in [-0.39, 0.29) is 31.0 Å². The van der Waals surface area contributed by atoms with Gasteiger partial charge in [0.1, 0.15) is 6.29 Å². The first-order chi connectivity index (χ1) is 11.4. The van der Waals surface area contributed by atoms with Gasteiger partial charge in [-0.2, -0.15) is 26.3 Å². The highest BCUT2D eigenvalue weighted by Gasteiger charge is 2.38. The van der Waals surface area contributed by atoms with E-state index >= 15 is 0 Å². The largest absolute Gasteiger partial charge is 0.416 e. The van der Waals surface area contributed by atoms with Crippen LogP contribution in [-0.4, -0.2) is 14.7 Å². The fraction of sp³-hybridized carbons (Fsp3) is 0.400. The average molecular weight is 388 g/mol. The third kappa shape index (κ3) is 6.52.